The number of hydrogen-bond donors (Lipinski definition) is 1. The summed E-state index contributed by atoms with van der Waals surface area (Å²) in [5.74, 6) is -0.481. The first-order chi connectivity index (χ1) is 8.50. The zero-order chi connectivity index (χ0) is 13.2. The van der Waals surface area contributed by atoms with Crippen LogP contribution in [0.1, 0.15) is 32.3 Å². The lowest BCUT2D eigenvalue weighted by molar-refractivity contribution is -0.162. The van der Waals surface area contributed by atoms with Crippen LogP contribution in [-0.4, -0.2) is 17.2 Å². The maximum atomic E-state index is 10.7. The molecular formula is C15H20O3. The van der Waals surface area contributed by atoms with Crippen molar-refractivity contribution in [3.8, 4) is 0 Å². The monoisotopic (exact) mass is 248 g/mol. The van der Waals surface area contributed by atoms with E-state index in [2.05, 4.69) is 13.8 Å². The summed E-state index contributed by atoms with van der Waals surface area (Å²) in [6, 6.07) is 10.1. The quantitative estimate of drug-likeness (QED) is 0.871. The van der Waals surface area contributed by atoms with E-state index in [0.29, 0.717) is 6.61 Å². The zero-order valence-electron chi connectivity index (χ0n) is 10.9. The molecule has 0 radical (unpaired) electrons. The van der Waals surface area contributed by atoms with Crippen LogP contribution in [0.2, 0.25) is 0 Å². The van der Waals surface area contributed by atoms with Gasteiger partial charge in [-0.25, -0.2) is 0 Å². The second kappa shape index (κ2) is 5.11. The van der Waals surface area contributed by atoms with Crippen LogP contribution in [0.5, 0.6) is 0 Å². The van der Waals surface area contributed by atoms with Crippen LogP contribution in [0.3, 0.4) is 0 Å². The molecule has 1 fully saturated rings. The third kappa shape index (κ3) is 2.72. The molecule has 2 unspecified atom stereocenters. The SMILES string of the molecule is CC1(C)C(CC(=O)O)CC1OCc1ccccc1. The van der Waals surface area contributed by atoms with Crippen molar-refractivity contribution >= 4 is 5.97 Å². The standard InChI is InChI=1S/C15H20O3/c1-15(2)12(9-14(16)17)8-13(15)18-10-11-6-4-3-5-7-11/h3-7,12-13H,8-10H2,1-2H3,(H,16,17). The van der Waals surface area contributed by atoms with Crippen molar-refractivity contribution in [1.82, 2.24) is 0 Å². The number of carbonyl (C=O) groups is 1. The highest BCUT2D eigenvalue weighted by Crippen LogP contribution is 2.49. The van der Waals surface area contributed by atoms with E-state index < -0.39 is 5.97 Å². The molecular weight excluding hydrogens is 228 g/mol. The molecule has 0 bridgehead atoms. The second-order valence-corrected chi connectivity index (χ2v) is 5.64. The molecule has 1 aliphatic rings. The van der Waals surface area contributed by atoms with Crippen molar-refractivity contribution in [3.05, 3.63) is 35.9 Å². The minimum atomic E-state index is -0.713. The van der Waals surface area contributed by atoms with Gasteiger partial charge in [-0.3, -0.25) is 4.79 Å². The Morgan fingerprint density at radius 2 is 2.06 bits per heavy atom. The van der Waals surface area contributed by atoms with E-state index in [1.807, 2.05) is 30.3 Å². The van der Waals surface area contributed by atoms with Gasteiger partial charge >= 0.3 is 5.97 Å². The van der Waals surface area contributed by atoms with E-state index in [9.17, 15) is 4.79 Å². The summed E-state index contributed by atoms with van der Waals surface area (Å²) in [4.78, 5) is 10.7. The summed E-state index contributed by atoms with van der Waals surface area (Å²) in [6.45, 7) is 4.80. The third-order valence-electron chi connectivity index (χ3n) is 4.10. The zero-order valence-corrected chi connectivity index (χ0v) is 10.9. The molecule has 1 saturated carbocycles. The Morgan fingerprint density at radius 1 is 1.39 bits per heavy atom. The summed E-state index contributed by atoms with van der Waals surface area (Å²) in [7, 11) is 0. The topological polar surface area (TPSA) is 46.5 Å². The molecule has 98 valence electrons. The Bertz CT molecular complexity index is 411. The van der Waals surface area contributed by atoms with E-state index in [1.165, 1.54) is 0 Å². The molecule has 1 N–H and O–H groups in total. The Hall–Kier alpha value is -1.35. The smallest absolute Gasteiger partial charge is 0.303 e. The predicted octanol–water partition coefficient (Wildman–Crippen LogP) is 3.09. The largest absolute Gasteiger partial charge is 0.481 e. The molecule has 0 amide bonds. The minimum absolute atomic E-state index is 0.0346. The van der Waals surface area contributed by atoms with Gasteiger partial charge in [-0.05, 0) is 23.3 Å². The van der Waals surface area contributed by atoms with Gasteiger partial charge < -0.3 is 9.84 Å². The van der Waals surface area contributed by atoms with Gasteiger partial charge in [-0.1, -0.05) is 44.2 Å². The van der Waals surface area contributed by atoms with Crippen molar-refractivity contribution in [2.75, 3.05) is 0 Å². The molecule has 0 saturated heterocycles. The first kappa shape index (κ1) is 13.1. The van der Waals surface area contributed by atoms with Crippen molar-refractivity contribution in [2.45, 2.75) is 39.4 Å². The number of carboxylic acid groups (broad SMARTS) is 1. The maximum absolute atomic E-state index is 10.7. The molecule has 3 nitrogen and oxygen atoms in total. The van der Waals surface area contributed by atoms with Gasteiger partial charge in [-0.15, -0.1) is 0 Å². The number of ether oxygens (including phenoxy) is 1. The summed E-state index contributed by atoms with van der Waals surface area (Å²) in [6.07, 6.45) is 1.27. The van der Waals surface area contributed by atoms with E-state index >= 15 is 0 Å². The highest BCUT2D eigenvalue weighted by molar-refractivity contribution is 5.67. The average molecular weight is 248 g/mol. The summed E-state index contributed by atoms with van der Waals surface area (Å²) in [5.41, 5.74) is 1.13. The molecule has 18 heavy (non-hydrogen) atoms. The lowest BCUT2D eigenvalue weighted by Gasteiger charge is -2.51. The minimum Gasteiger partial charge on any atom is -0.481 e. The Labute approximate surface area is 108 Å². The van der Waals surface area contributed by atoms with Crippen LogP contribution in [0.25, 0.3) is 0 Å². The van der Waals surface area contributed by atoms with Gasteiger partial charge in [0.1, 0.15) is 0 Å². The van der Waals surface area contributed by atoms with Gasteiger partial charge in [0, 0.05) is 6.42 Å². The van der Waals surface area contributed by atoms with Crippen LogP contribution in [0.4, 0.5) is 0 Å². The number of carboxylic acids is 1. The first-order valence-corrected chi connectivity index (χ1v) is 6.37. The molecule has 1 aromatic rings. The van der Waals surface area contributed by atoms with Crippen LogP contribution < -0.4 is 0 Å². The summed E-state index contributed by atoms with van der Waals surface area (Å²) >= 11 is 0. The van der Waals surface area contributed by atoms with Gasteiger partial charge in [0.25, 0.3) is 0 Å². The Balaban J connectivity index is 1.84. The average Bonchev–Trinajstić information content (AvgIpc) is 2.33. The second-order valence-electron chi connectivity index (χ2n) is 5.64. The van der Waals surface area contributed by atoms with Crippen molar-refractivity contribution in [1.29, 1.82) is 0 Å². The van der Waals surface area contributed by atoms with E-state index in [1.54, 1.807) is 0 Å². The number of benzene rings is 1. The molecule has 1 aliphatic carbocycles. The van der Waals surface area contributed by atoms with E-state index in [0.717, 1.165) is 12.0 Å². The molecule has 0 aliphatic heterocycles. The summed E-state index contributed by atoms with van der Waals surface area (Å²) in [5, 5.41) is 8.83. The normalized spacial score (nSPS) is 25.4. The fourth-order valence-electron chi connectivity index (χ4n) is 2.58. The molecule has 0 spiro atoms. The predicted molar refractivity (Wildman–Crippen MR) is 69.2 cm³/mol. The highest BCUT2D eigenvalue weighted by Gasteiger charge is 2.49. The van der Waals surface area contributed by atoms with Crippen LogP contribution in [0.15, 0.2) is 30.3 Å². The molecule has 0 aromatic heterocycles. The first-order valence-electron chi connectivity index (χ1n) is 6.37. The van der Waals surface area contributed by atoms with Gasteiger partial charge in [0.2, 0.25) is 0 Å². The highest BCUT2D eigenvalue weighted by atomic mass is 16.5. The fraction of sp³-hybridized carbons (Fsp3) is 0.533. The van der Waals surface area contributed by atoms with E-state index in [4.69, 9.17) is 9.84 Å². The van der Waals surface area contributed by atoms with Gasteiger partial charge in [0.05, 0.1) is 12.7 Å². The molecule has 2 rings (SSSR count). The number of hydrogen-bond acceptors (Lipinski definition) is 2. The van der Waals surface area contributed by atoms with Crippen LogP contribution >= 0.6 is 0 Å². The van der Waals surface area contributed by atoms with E-state index in [-0.39, 0.29) is 23.9 Å². The van der Waals surface area contributed by atoms with Gasteiger partial charge in [0.15, 0.2) is 0 Å². The van der Waals surface area contributed by atoms with Crippen LogP contribution in [-0.2, 0) is 16.1 Å². The lowest BCUT2D eigenvalue weighted by atomic mass is 9.59. The Kier molecular flexibility index (Phi) is 3.71. The maximum Gasteiger partial charge on any atom is 0.303 e. The lowest BCUT2D eigenvalue weighted by Crippen LogP contribution is -2.51. The number of aliphatic carboxylic acids is 1. The fourth-order valence-corrected chi connectivity index (χ4v) is 2.58. The molecule has 0 heterocycles. The van der Waals surface area contributed by atoms with Crippen LogP contribution in [0, 0.1) is 11.3 Å². The third-order valence-corrected chi connectivity index (χ3v) is 4.10. The van der Waals surface area contributed by atoms with Gasteiger partial charge in [-0.2, -0.15) is 0 Å². The molecule has 2 atom stereocenters. The van der Waals surface area contributed by atoms with Crippen molar-refractivity contribution in [2.24, 2.45) is 11.3 Å². The van der Waals surface area contributed by atoms with Crippen molar-refractivity contribution < 1.29 is 14.6 Å². The molecule has 1 aromatic carbocycles. The Morgan fingerprint density at radius 3 is 2.61 bits per heavy atom. The number of rotatable bonds is 5. The molecule has 3 heteroatoms. The summed E-state index contributed by atoms with van der Waals surface area (Å²) < 4.78 is 5.90. The van der Waals surface area contributed by atoms with Crippen molar-refractivity contribution in [3.63, 3.8) is 0 Å².